The fourth-order valence-electron chi connectivity index (χ4n) is 1.83. The van der Waals surface area contributed by atoms with Crippen LogP contribution in [-0.2, 0) is 0 Å². The molecule has 0 spiro atoms. The lowest BCUT2D eigenvalue weighted by atomic mass is 9.58. The number of hydrogen-bond donors (Lipinski definition) is 1. The molecule has 1 saturated carbocycles. The van der Waals surface area contributed by atoms with Crippen molar-refractivity contribution in [2.24, 2.45) is 5.92 Å². The van der Waals surface area contributed by atoms with Crippen molar-refractivity contribution in [3.63, 3.8) is 0 Å². The van der Waals surface area contributed by atoms with Crippen LogP contribution in [0.3, 0.4) is 0 Å². The van der Waals surface area contributed by atoms with E-state index in [0.717, 1.165) is 10.7 Å². The maximum atomic E-state index is 3.73. The van der Waals surface area contributed by atoms with Gasteiger partial charge in [-0.25, -0.2) is 0 Å². The van der Waals surface area contributed by atoms with Crippen LogP contribution in [0, 0.1) is 5.92 Å². The molecule has 2 atom stereocenters. The van der Waals surface area contributed by atoms with Crippen LogP contribution < -0.4 is 5.23 Å². The zero-order chi connectivity index (χ0) is 8.27. The van der Waals surface area contributed by atoms with Crippen LogP contribution in [0.5, 0.6) is 0 Å². The van der Waals surface area contributed by atoms with Crippen molar-refractivity contribution in [3.8, 4) is 0 Å². The standard InChI is InChI=1S/C8H17BBrN/c1-9(11-2)6-7-4-3-5-8(7)10/h7-8,11H,3-6H2,1-2H3/t7-,8?/m0/s1. The minimum absolute atomic E-state index is 0.679. The fraction of sp³-hybridized carbons (Fsp3) is 1.00. The van der Waals surface area contributed by atoms with Gasteiger partial charge in [-0.3, -0.25) is 0 Å². The summed E-state index contributed by atoms with van der Waals surface area (Å²) in [5, 5.41) is 3.29. The Hall–Kier alpha value is 0.505. The van der Waals surface area contributed by atoms with Gasteiger partial charge in [-0.15, -0.1) is 0 Å². The zero-order valence-electron chi connectivity index (χ0n) is 7.44. The normalized spacial score (nSPS) is 30.8. The highest BCUT2D eigenvalue weighted by molar-refractivity contribution is 9.09. The summed E-state index contributed by atoms with van der Waals surface area (Å²) < 4.78 is 0. The molecule has 1 unspecified atom stereocenters. The molecule has 1 fully saturated rings. The quantitative estimate of drug-likeness (QED) is 0.566. The predicted octanol–water partition coefficient (Wildman–Crippen LogP) is 2.39. The molecule has 1 nitrogen and oxygen atoms in total. The molecule has 0 radical (unpaired) electrons. The van der Waals surface area contributed by atoms with Crippen molar-refractivity contribution in [3.05, 3.63) is 0 Å². The van der Waals surface area contributed by atoms with E-state index < -0.39 is 0 Å². The van der Waals surface area contributed by atoms with Crippen LogP contribution >= 0.6 is 15.9 Å². The first-order valence-electron chi connectivity index (χ1n) is 4.55. The summed E-state index contributed by atoms with van der Waals surface area (Å²) in [5.41, 5.74) is 0. The second kappa shape index (κ2) is 4.51. The summed E-state index contributed by atoms with van der Waals surface area (Å²) in [6.45, 7) is 2.94. The molecule has 1 aliphatic rings. The van der Waals surface area contributed by atoms with Crippen molar-refractivity contribution in [1.82, 2.24) is 5.23 Å². The molecule has 0 heterocycles. The molecule has 0 aromatic carbocycles. The Morgan fingerprint density at radius 2 is 2.27 bits per heavy atom. The van der Waals surface area contributed by atoms with Gasteiger partial charge >= 0.3 is 0 Å². The molecule has 0 amide bonds. The molecule has 64 valence electrons. The van der Waals surface area contributed by atoms with Gasteiger partial charge in [0.25, 0.3) is 0 Å². The maximum absolute atomic E-state index is 3.73. The maximum Gasteiger partial charge on any atom is 0.217 e. The lowest BCUT2D eigenvalue weighted by Crippen LogP contribution is -2.29. The number of rotatable bonds is 3. The first-order chi connectivity index (χ1) is 5.24. The molecule has 11 heavy (non-hydrogen) atoms. The van der Waals surface area contributed by atoms with Gasteiger partial charge in [0.15, 0.2) is 0 Å². The van der Waals surface area contributed by atoms with Crippen molar-refractivity contribution >= 4 is 22.8 Å². The largest absolute Gasteiger partial charge is 0.359 e. The number of nitrogens with one attached hydrogen (secondary N) is 1. The molecule has 1 aliphatic carbocycles. The Kier molecular flexibility index (Phi) is 3.93. The first kappa shape index (κ1) is 9.59. The summed E-state index contributed by atoms with van der Waals surface area (Å²) >= 11 is 3.73. The van der Waals surface area contributed by atoms with Gasteiger partial charge in [0.1, 0.15) is 0 Å². The average molecular weight is 218 g/mol. The van der Waals surface area contributed by atoms with Crippen LogP contribution in [0.2, 0.25) is 13.1 Å². The minimum atomic E-state index is 0.679. The summed E-state index contributed by atoms with van der Waals surface area (Å²) in [5.74, 6) is 0.914. The second-order valence-corrected chi connectivity index (χ2v) is 4.81. The van der Waals surface area contributed by atoms with E-state index in [1.807, 2.05) is 7.05 Å². The van der Waals surface area contributed by atoms with Crippen molar-refractivity contribution in [1.29, 1.82) is 0 Å². The van der Waals surface area contributed by atoms with E-state index in [9.17, 15) is 0 Å². The Morgan fingerprint density at radius 3 is 2.73 bits per heavy atom. The van der Waals surface area contributed by atoms with E-state index in [4.69, 9.17) is 0 Å². The summed E-state index contributed by atoms with van der Waals surface area (Å²) in [6, 6.07) is 0. The van der Waals surface area contributed by atoms with Crippen molar-refractivity contribution in [2.75, 3.05) is 7.05 Å². The van der Waals surface area contributed by atoms with E-state index in [2.05, 4.69) is 28.0 Å². The molecule has 0 aliphatic heterocycles. The average Bonchev–Trinajstić information content (AvgIpc) is 2.37. The van der Waals surface area contributed by atoms with Crippen LogP contribution in [0.1, 0.15) is 19.3 Å². The Morgan fingerprint density at radius 1 is 1.55 bits per heavy atom. The molecule has 0 bridgehead atoms. The Labute approximate surface area is 78.6 Å². The Balaban J connectivity index is 2.24. The van der Waals surface area contributed by atoms with E-state index >= 15 is 0 Å². The van der Waals surface area contributed by atoms with Gasteiger partial charge in [0.2, 0.25) is 6.85 Å². The van der Waals surface area contributed by atoms with Crippen LogP contribution in [-0.4, -0.2) is 18.7 Å². The molecule has 1 rings (SSSR count). The first-order valence-corrected chi connectivity index (χ1v) is 5.47. The van der Waals surface area contributed by atoms with E-state index in [1.54, 1.807) is 0 Å². The lowest BCUT2D eigenvalue weighted by Gasteiger charge is -2.15. The highest BCUT2D eigenvalue weighted by Gasteiger charge is 2.26. The van der Waals surface area contributed by atoms with Crippen LogP contribution in [0.25, 0.3) is 0 Å². The second-order valence-electron chi connectivity index (χ2n) is 3.63. The Bertz CT molecular complexity index is 121. The molecular formula is C8H17BBrN. The van der Waals surface area contributed by atoms with Gasteiger partial charge in [-0.05, 0) is 25.8 Å². The van der Waals surface area contributed by atoms with Crippen LogP contribution in [0.4, 0.5) is 0 Å². The van der Waals surface area contributed by atoms with Gasteiger partial charge < -0.3 is 5.23 Å². The number of hydrogen-bond acceptors (Lipinski definition) is 1. The molecular weight excluding hydrogens is 201 g/mol. The van der Waals surface area contributed by atoms with Gasteiger partial charge in [-0.2, -0.15) is 0 Å². The minimum Gasteiger partial charge on any atom is -0.359 e. The summed E-state index contributed by atoms with van der Waals surface area (Å²) in [4.78, 5) is 0.790. The summed E-state index contributed by atoms with van der Waals surface area (Å²) in [7, 11) is 2.04. The van der Waals surface area contributed by atoms with Gasteiger partial charge in [0.05, 0.1) is 0 Å². The van der Waals surface area contributed by atoms with Crippen molar-refractivity contribution < 1.29 is 0 Å². The lowest BCUT2D eigenvalue weighted by molar-refractivity contribution is 0.620. The van der Waals surface area contributed by atoms with E-state index in [0.29, 0.717) is 6.85 Å². The van der Waals surface area contributed by atoms with E-state index in [-0.39, 0.29) is 0 Å². The molecule has 3 heteroatoms. The smallest absolute Gasteiger partial charge is 0.217 e. The van der Waals surface area contributed by atoms with Gasteiger partial charge in [-0.1, -0.05) is 35.5 Å². The molecule has 1 N–H and O–H groups in total. The number of halogens is 1. The molecule has 0 aromatic heterocycles. The molecule has 0 aromatic rings. The van der Waals surface area contributed by atoms with Crippen molar-refractivity contribution in [2.45, 2.75) is 37.2 Å². The third kappa shape index (κ3) is 2.79. The summed E-state index contributed by atoms with van der Waals surface area (Å²) in [6.07, 6.45) is 5.53. The molecule has 0 saturated heterocycles. The van der Waals surface area contributed by atoms with Gasteiger partial charge in [0, 0.05) is 4.83 Å². The van der Waals surface area contributed by atoms with E-state index in [1.165, 1.54) is 25.6 Å². The van der Waals surface area contributed by atoms with Crippen LogP contribution in [0.15, 0.2) is 0 Å². The monoisotopic (exact) mass is 217 g/mol. The highest BCUT2D eigenvalue weighted by atomic mass is 79.9. The zero-order valence-corrected chi connectivity index (χ0v) is 9.02. The topological polar surface area (TPSA) is 12.0 Å². The third-order valence-corrected chi connectivity index (χ3v) is 3.92. The predicted molar refractivity (Wildman–Crippen MR) is 55.5 cm³/mol. The SMILES string of the molecule is CNB(C)C[C@@H]1CCCC1Br. The third-order valence-electron chi connectivity index (χ3n) is 2.72. The number of alkyl halides is 1. The highest BCUT2D eigenvalue weighted by Crippen LogP contribution is 2.34. The fourth-order valence-corrected chi connectivity index (χ4v) is 2.63.